The van der Waals surface area contributed by atoms with Gasteiger partial charge >= 0.3 is 0 Å². The van der Waals surface area contributed by atoms with Crippen LogP contribution in [0.3, 0.4) is 0 Å². The lowest BCUT2D eigenvalue weighted by molar-refractivity contribution is -0.897. The average Bonchev–Trinajstić information content (AvgIpc) is 2.68. The summed E-state index contributed by atoms with van der Waals surface area (Å²) in [6, 6.07) is 12.7. The first kappa shape index (κ1) is 16.3. The highest BCUT2D eigenvalue weighted by Gasteiger charge is 2.28. The highest BCUT2D eigenvalue weighted by Crippen LogP contribution is 2.15. The second-order valence-electron chi connectivity index (χ2n) is 7.29. The molecule has 5 heteroatoms. The number of carbonyl (C=O) groups excluding carboxylic acids is 1. The minimum Gasteiger partial charge on any atom is -0.330 e. The molecule has 132 valence electrons. The van der Waals surface area contributed by atoms with Gasteiger partial charge in [0.25, 0.3) is 11.7 Å². The first-order valence-electron chi connectivity index (χ1n) is 9.57. The number of nitrogens with one attached hydrogen (secondary N) is 2. The average molecular weight is 340 g/mol. The third kappa shape index (κ3) is 3.76. The van der Waals surface area contributed by atoms with Gasteiger partial charge in [-0.2, -0.15) is 0 Å². The van der Waals surface area contributed by atoms with Gasteiger partial charge in [-0.15, -0.1) is 0 Å². The largest absolute Gasteiger partial charge is 0.330 e. The molecule has 2 aliphatic heterocycles. The minimum atomic E-state index is 0.332. The molecule has 0 saturated carbocycles. The van der Waals surface area contributed by atoms with E-state index in [9.17, 15) is 4.79 Å². The van der Waals surface area contributed by atoms with E-state index in [0.29, 0.717) is 12.5 Å². The molecule has 0 aliphatic carbocycles. The maximum Gasteiger partial charge on any atom is 0.278 e. The number of benzene rings is 1. The first-order valence-corrected chi connectivity index (χ1v) is 9.57. The number of quaternary nitrogens is 1. The van der Waals surface area contributed by atoms with Gasteiger partial charge in [0.1, 0.15) is 18.6 Å². The van der Waals surface area contributed by atoms with Crippen molar-refractivity contribution in [2.45, 2.75) is 19.3 Å². The molecule has 25 heavy (non-hydrogen) atoms. The van der Waals surface area contributed by atoms with Crippen LogP contribution in [0.4, 0.5) is 5.82 Å². The van der Waals surface area contributed by atoms with Crippen LogP contribution in [0.15, 0.2) is 36.4 Å². The van der Waals surface area contributed by atoms with Gasteiger partial charge in [-0.25, -0.2) is 4.98 Å². The van der Waals surface area contributed by atoms with Gasteiger partial charge in [0.05, 0.1) is 26.2 Å². The number of piperazine rings is 1. The van der Waals surface area contributed by atoms with Crippen molar-refractivity contribution in [3.63, 3.8) is 0 Å². The number of hydrogen-bond donors (Lipinski definition) is 1. The summed E-state index contributed by atoms with van der Waals surface area (Å²) in [5, 5.41) is 1.23. The highest BCUT2D eigenvalue weighted by molar-refractivity contribution is 5.78. The second-order valence-corrected chi connectivity index (χ2v) is 7.29. The molecule has 0 spiro atoms. The number of pyridine rings is 1. The second kappa shape index (κ2) is 7.40. The van der Waals surface area contributed by atoms with Gasteiger partial charge in [-0.3, -0.25) is 9.69 Å². The molecule has 1 aromatic heterocycles. The van der Waals surface area contributed by atoms with Gasteiger partial charge < -0.3 is 9.80 Å². The normalized spacial score (nSPS) is 19.4. The summed E-state index contributed by atoms with van der Waals surface area (Å²) in [6.07, 6.45) is 3.88. The SMILES string of the molecule is O=C(C[NH+]1CCCCC1)N1CCN(c2ccc3ccccc3[nH+]2)CC1. The van der Waals surface area contributed by atoms with Crippen molar-refractivity contribution in [2.75, 3.05) is 50.7 Å². The molecule has 2 saturated heterocycles. The number of aromatic nitrogens is 1. The zero-order chi connectivity index (χ0) is 17.1. The first-order chi connectivity index (χ1) is 12.3. The van der Waals surface area contributed by atoms with E-state index in [1.165, 1.54) is 29.5 Å². The van der Waals surface area contributed by atoms with Crippen molar-refractivity contribution in [1.82, 2.24) is 4.90 Å². The van der Waals surface area contributed by atoms with E-state index in [1.807, 2.05) is 0 Å². The van der Waals surface area contributed by atoms with Crippen LogP contribution in [0.25, 0.3) is 10.9 Å². The fourth-order valence-electron chi connectivity index (χ4n) is 4.04. The van der Waals surface area contributed by atoms with E-state index in [4.69, 9.17) is 0 Å². The Balaban J connectivity index is 1.34. The molecule has 1 aromatic carbocycles. The number of aromatic amines is 1. The molecule has 0 atom stereocenters. The summed E-state index contributed by atoms with van der Waals surface area (Å²) in [6.45, 7) is 6.46. The third-order valence-corrected chi connectivity index (χ3v) is 5.58. The summed E-state index contributed by atoms with van der Waals surface area (Å²) in [7, 11) is 0. The van der Waals surface area contributed by atoms with Crippen LogP contribution in [0.1, 0.15) is 19.3 Å². The van der Waals surface area contributed by atoms with Crippen molar-refractivity contribution in [1.29, 1.82) is 0 Å². The molecule has 2 N–H and O–H groups in total. The number of rotatable bonds is 3. The number of anilines is 1. The maximum atomic E-state index is 12.6. The van der Waals surface area contributed by atoms with E-state index in [-0.39, 0.29) is 0 Å². The van der Waals surface area contributed by atoms with Crippen LogP contribution in [0.2, 0.25) is 0 Å². The van der Waals surface area contributed by atoms with Crippen LogP contribution in [0.5, 0.6) is 0 Å². The Morgan fingerprint density at radius 3 is 2.52 bits per heavy atom. The van der Waals surface area contributed by atoms with Crippen molar-refractivity contribution in [3.05, 3.63) is 36.4 Å². The molecule has 1 amide bonds. The Morgan fingerprint density at radius 1 is 0.960 bits per heavy atom. The van der Waals surface area contributed by atoms with Crippen LogP contribution in [0, 0.1) is 0 Å². The van der Waals surface area contributed by atoms with Crippen LogP contribution >= 0.6 is 0 Å². The number of H-pyrrole nitrogens is 1. The van der Waals surface area contributed by atoms with E-state index in [1.54, 1.807) is 0 Å². The lowest BCUT2D eigenvalue weighted by atomic mass is 10.1. The molecular weight excluding hydrogens is 312 g/mol. The molecule has 2 fully saturated rings. The third-order valence-electron chi connectivity index (χ3n) is 5.58. The van der Waals surface area contributed by atoms with E-state index < -0.39 is 0 Å². The van der Waals surface area contributed by atoms with E-state index >= 15 is 0 Å². The Bertz CT molecular complexity index is 733. The fraction of sp³-hybridized carbons (Fsp3) is 0.500. The predicted molar refractivity (Wildman–Crippen MR) is 98.7 cm³/mol. The van der Waals surface area contributed by atoms with Crippen molar-refractivity contribution in [3.8, 4) is 0 Å². The highest BCUT2D eigenvalue weighted by atomic mass is 16.2. The zero-order valence-electron chi connectivity index (χ0n) is 14.8. The van der Waals surface area contributed by atoms with Crippen LogP contribution in [-0.2, 0) is 4.79 Å². The number of likely N-dealkylation sites (tertiary alicyclic amines) is 1. The van der Waals surface area contributed by atoms with Crippen LogP contribution < -0.4 is 14.8 Å². The van der Waals surface area contributed by atoms with Crippen molar-refractivity contribution in [2.24, 2.45) is 0 Å². The number of nitrogens with zero attached hydrogens (tertiary/aromatic N) is 2. The molecule has 2 aromatic rings. The predicted octanol–water partition coefficient (Wildman–Crippen LogP) is 0.371. The number of amides is 1. The Hall–Kier alpha value is -2.14. The number of carbonyl (C=O) groups is 1. The maximum absolute atomic E-state index is 12.6. The standard InChI is InChI=1S/C20H26N4O/c25-20(16-22-10-4-1-5-11-22)24-14-12-23(13-15-24)19-9-8-17-6-2-3-7-18(17)21-19/h2-3,6-9H,1,4-5,10-16H2/p+2. The molecular formula is C20H28N4O+2. The lowest BCUT2D eigenvalue weighted by Gasteiger charge is -2.32. The molecule has 3 heterocycles. The number of para-hydroxylation sites is 1. The van der Waals surface area contributed by atoms with Gasteiger partial charge in [0, 0.05) is 11.5 Å². The van der Waals surface area contributed by atoms with Gasteiger partial charge in [-0.05, 0) is 31.4 Å². The minimum absolute atomic E-state index is 0.332. The Morgan fingerprint density at radius 2 is 1.72 bits per heavy atom. The summed E-state index contributed by atoms with van der Waals surface area (Å²) >= 11 is 0. The Kier molecular flexibility index (Phi) is 4.83. The smallest absolute Gasteiger partial charge is 0.278 e. The van der Waals surface area contributed by atoms with E-state index in [0.717, 1.165) is 50.6 Å². The molecule has 5 nitrogen and oxygen atoms in total. The molecule has 0 unspecified atom stereocenters. The summed E-state index contributed by atoms with van der Waals surface area (Å²) in [5.74, 6) is 1.48. The summed E-state index contributed by atoms with van der Waals surface area (Å²) in [4.78, 5) is 22.0. The van der Waals surface area contributed by atoms with Gasteiger partial charge in [0.15, 0.2) is 6.54 Å². The summed E-state index contributed by atoms with van der Waals surface area (Å²) < 4.78 is 0. The van der Waals surface area contributed by atoms with Crippen molar-refractivity contribution < 1.29 is 14.7 Å². The Labute approximate surface area is 149 Å². The molecule has 0 bridgehead atoms. The quantitative estimate of drug-likeness (QED) is 0.877. The fourth-order valence-corrected chi connectivity index (χ4v) is 4.04. The number of hydrogen-bond acceptors (Lipinski definition) is 2. The topological polar surface area (TPSA) is 42.1 Å². The lowest BCUT2D eigenvalue weighted by Crippen LogP contribution is -3.13. The number of fused-ring (bicyclic) bond motifs is 1. The van der Waals surface area contributed by atoms with Gasteiger partial charge in [0.2, 0.25) is 0 Å². The monoisotopic (exact) mass is 340 g/mol. The zero-order valence-corrected chi connectivity index (χ0v) is 14.8. The molecule has 2 aliphatic rings. The van der Waals surface area contributed by atoms with Gasteiger partial charge in [-0.1, -0.05) is 18.2 Å². The van der Waals surface area contributed by atoms with E-state index in [2.05, 4.69) is 51.2 Å². The summed E-state index contributed by atoms with van der Waals surface area (Å²) in [5.41, 5.74) is 1.16. The molecule has 0 radical (unpaired) electrons. The van der Waals surface area contributed by atoms with Crippen molar-refractivity contribution >= 4 is 22.6 Å². The number of piperidine rings is 1. The van der Waals surface area contributed by atoms with Crippen LogP contribution in [-0.4, -0.2) is 56.6 Å². The molecule has 4 rings (SSSR count).